The Morgan fingerprint density at radius 3 is 2.62 bits per heavy atom. The molecule has 2 heterocycles. The molecule has 1 amide bonds. The molecule has 4 heteroatoms. The Balaban J connectivity index is 1.32. The Morgan fingerprint density at radius 2 is 1.92 bits per heavy atom. The topological polar surface area (TPSA) is 36.4 Å². The van der Waals surface area contributed by atoms with Crippen LogP contribution in [-0.4, -0.2) is 46.9 Å². The molecule has 1 saturated heterocycles. The van der Waals surface area contributed by atoms with Crippen molar-refractivity contribution in [1.29, 1.82) is 0 Å². The Labute approximate surface area is 146 Å². The van der Waals surface area contributed by atoms with E-state index in [9.17, 15) is 4.79 Å². The molecule has 0 unspecified atom stereocenters. The van der Waals surface area contributed by atoms with Crippen molar-refractivity contribution < 1.29 is 4.79 Å². The zero-order valence-electron chi connectivity index (χ0n) is 14.8. The molecule has 1 aliphatic carbocycles. The molecule has 1 aromatic rings. The Morgan fingerprint density at radius 1 is 1.12 bits per heavy atom. The second-order valence-electron chi connectivity index (χ2n) is 7.41. The van der Waals surface area contributed by atoms with Crippen molar-refractivity contribution in [3.05, 3.63) is 30.1 Å². The van der Waals surface area contributed by atoms with Gasteiger partial charge in [-0.3, -0.25) is 14.7 Å². The minimum atomic E-state index is 0.367. The summed E-state index contributed by atoms with van der Waals surface area (Å²) in [6.07, 6.45) is 13.8. The van der Waals surface area contributed by atoms with E-state index in [-0.39, 0.29) is 0 Å². The van der Waals surface area contributed by atoms with E-state index in [2.05, 4.69) is 20.9 Å². The SMILES string of the molecule is O=C(CCCC1CCCCC1)N1CCN(Cc2cccnc2)CC1. The first-order chi connectivity index (χ1) is 11.8. The van der Waals surface area contributed by atoms with Gasteiger partial charge in [-0.25, -0.2) is 0 Å². The van der Waals surface area contributed by atoms with Gasteiger partial charge in [-0.15, -0.1) is 0 Å². The largest absolute Gasteiger partial charge is 0.340 e. The maximum atomic E-state index is 12.4. The molecule has 1 saturated carbocycles. The maximum absolute atomic E-state index is 12.4. The molecule has 132 valence electrons. The van der Waals surface area contributed by atoms with E-state index in [0.717, 1.165) is 51.5 Å². The van der Waals surface area contributed by atoms with Crippen LogP contribution in [0.25, 0.3) is 0 Å². The van der Waals surface area contributed by atoms with Crippen molar-refractivity contribution in [2.24, 2.45) is 5.92 Å². The predicted octanol–water partition coefficient (Wildman–Crippen LogP) is 3.48. The standard InChI is InChI=1S/C20H31N3O/c24-20(10-4-8-18-6-2-1-3-7-18)23-14-12-22(13-15-23)17-19-9-5-11-21-16-19/h5,9,11,16,18H,1-4,6-8,10,12-15,17H2. The molecular formula is C20H31N3O. The molecule has 0 radical (unpaired) electrons. The summed E-state index contributed by atoms with van der Waals surface area (Å²) in [7, 11) is 0. The van der Waals surface area contributed by atoms with Crippen LogP contribution in [0.15, 0.2) is 24.5 Å². The first-order valence-corrected chi connectivity index (χ1v) is 9.70. The van der Waals surface area contributed by atoms with Crippen molar-refractivity contribution in [2.45, 2.75) is 57.9 Å². The van der Waals surface area contributed by atoms with Crippen molar-refractivity contribution in [2.75, 3.05) is 26.2 Å². The summed E-state index contributed by atoms with van der Waals surface area (Å²) in [5, 5.41) is 0. The van der Waals surface area contributed by atoms with Crippen LogP contribution in [0.3, 0.4) is 0 Å². The highest BCUT2D eigenvalue weighted by atomic mass is 16.2. The van der Waals surface area contributed by atoms with Gasteiger partial charge < -0.3 is 4.90 Å². The predicted molar refractivity (Wildman–Crippen MR) is 96.5 cm³/mol. The van der Waals surface area contributed by atoms with Crippen molar-refractivity contribution >= 4 is 5.91 Å². The monoisotopic (exact) mass is 329 g/mol. The molecule has 24 heavy (non-hydrogen) atoms. The van der Waals surface area contributed by atoms with E-state index in [0.29, 0.717) is 5.91 Å². The number of pyridine rings is 1. The van der Waals surface area contributed by atoms with Crippen LogP contribution in [0, 0.1) is 5.92 Å². The quantitative estimate of drug-likeness (QED) is 0.802. The van der Waals surface area contributed by atoms with Crippen molar-refractivity contribution in [1.82, 2.24) is 14.8 Å². The molecule has 0 N–H and O–H groups in total. The van der Waals surface area contributed by atoms with Crippen LogP contribution in [0.4, 0.5) is 0 Å². The summed E-state index contributed by atoms with van der Waals surface area (Å²) in [4.78, 5) is 21.1. The van der Waals surface area contributed by atoms with Gasteiger partial charge in [0.15, 0.2) is 0 Å². The van der Waals surface area contributed by atoms with Gasteiger partial charge in [0.25, 0.3) is 0 Å². The van der Waals surface area contributed by atoms with E-state index in [1.807, 2.05) is 18.5 Å². The fraction of sp³-hybridized carbons (Fsp3) is 0.700. The third-order valence-electron chi connectivity index (χ3n) is 5.58. The molecule has 0 bridgehead atoms. The van der Waals surface area contributed by atoms with Gasteiger partial charge >= 0.3 is 0 Å². The van der Waals surface area contributed by atoms with Crippen LogP contribution in [-0.2, 0) is 11.3 Å². The number of carbonyl (C=O) groups excluding carboxylic acids is 1. The maximum Gasteiger partial charge on any atom is 0.222 e. The summed E-state index contributed by atoms with van der Waals surface area (Å²) >= 11 is 0. The minimum absolute atomic E-state index is 0.367. The normalized spacial score (nSPS) is 20.2. The average molecular weight is 329 g/mol. The van der Waals surface area contributed by atoms with Gasteiger partial charge in [0.1, 0.15) is 0 Å². The molecule has 0 atom stereocenters. The number of aromatic nitrogens is 1. The van der Waals surface area contributed by atoms with Crippen LogP contribution in [0.5, 0.6) is 0 Å². The number of piperazine rings is 1. The minimum Gasteiger partial charge on any atom is -0.340 e. The Bertz CT molecular complexity index is 491. The van der Waals surface area contributed by atoms with Crippen LogP contribution < -0.4 is 0 Å². The number of rotatable bonds is 6. The lowest BCUT2D eigenvalue weighted by Crippen LogP contribution is -2.48. The molecular weight excluding hydrogens is 298 g/mol. The summed E-state index contributed by atoms with van der Waals surface area (Å²) < 4.78 is 0. The van der Waals surface area contributed by atoms with E-state index in [1.54, 1.807) is 0 Å². The molecule has 2 fully saturated rings. The molecule has 1 aliphatic heterocycles. The lowest BCUT2D eigenvalue weighted by molar-refractivity contribution is -0.133. The van der Waals surface area contributed by atoms with E-state index in [1.165, 1.54) is 44.1 Å². The zero-order chi connectivity index (χ0) is 16.6. The van der Waals surface area contributed by atoms with Gasteiger partial charge in [0, 0.05) is 51.5 Å². The third-order valence-corrected chi connectivity index (χ3v) is 5.58. The molecule has 4 nitrogen and oxygen atoms in total. The summed E-state index contributed by atoms with van der Waals surface area (Å²) in [5.74, 6) is 1.26. The zero-order valence-corrected chi connectivity index (χ0v) is 14.8. The average Bonchev–Trinajstić information content (AvgIpc) is 2.64. The molecule has 2 aliphatic rings. The van der Waals surface area contributed by atoms with Crippen LogP contribution >= 0.6 is 0 Å². The number of hydrogen-bond donors (Lipinski definition) is 0. The summed E-state index contributed by atoms with van der Waals surface area (Å²) in [5.41, 5.74) is 1.25. The number of hydrogen-bond acceptors (Lipinski definition) is 3. The van der Waals surface area contributed by atoms with E-state index in [4.69, 9.17) is 0 Å². The van der Waals surface area contributed by atoms with Gasteiger partial charge in [0.2, 0.25) is 5.91 Å². The Hall–Kier alpha value is -1.42. The number of nitrogens with zero attached hydrogens (tertiary/aromatic N) is 3. The highest BCUT2D eigenvalue weighted by Gasteiger charge is 2.21. The van der Waals surface area contributed by atoms with Gasteiger partial charge in [-0.2, -0.15) is 0 Å². The Kier molecular flexibility index (Phi) is 6.65. The second kappa shape index (κ2) is 9.16. The lowest BCUT2D eigenvalue weighted by atomic mass is 9.86. The fourth-order valence-electron chi connectivity index (χ4n) is 4.08. The highest BCUT2D eigenvalue weighted by molar-refractivity contribution is 5.76. The van der Waals surface area contributed by atoms with E-state index < -0.39 is 0 Å². The van der Waals surface area contributed by atoms with Crippen molar-refractivity contribution in [3.8, 4) is 0 Å². The van der Waals surface area contributed by atoms with Gasteiger partial charge in [0.05, 0.1) is 0 Å². The third kappa shape index (κ3) is 5.30. The number of carbonyl (C=O) groups is 1. The molecule has 0 aromatic carbocycles. The molecule has 1 aromatic heterocycles. The highest BCUT2D eigenvalue weighted by Crippen LogP contribution is 2.27. The van der Waals surface area contributed by atoms with Crippen molar-refractivity contribution in [3.63, 3.8) is 0 Å². The van der Waals surface area contributed by atoms with Crippen LogP contribution in [0.1, 0.15) is 56.9 Å². The van der Waals surface area contributed by atoms with Crippen LogP contribution in [0.2, 0.25) is 0 Å². The van der Waals surface area contributed by atoms with Gasteiger partial charge in [-0.05, 0) is 30.4 Å². The second-order valence-corrected chi connectivity index (χ2v) is 7.41. The van der Waals surface area contributed by atoms with E-state index >= 15 is 0 Å². The summed E-state index contributed by atoms with van der Waals surface area (Å²) in [6.45, 7) is 4.65. The molecule has 0 spiro atoms. The lowest BCUT2D eigenvalue weighted by Gasteiger charge is -2.35. The number of amides is 1. The molecule has 3 rings (SSSR count). The van der Waals surface area contributed by atoms with Gasteiger partial charge in [-0.1, -0.05) is 38.2 Å². The first-order valence-electron chi connectivity index (χ1n) is 9.70. The first kappa shape index (κ1) is 17.4. The smallest absolute Gasteiger partial charge is 0.222 e. The summed E-state index contributed by atoms with van der Waals surface area (Å²) in [6, 6.07) is 4.11. The fourth-order valence-corrected chi connectivity index (χ4v) is 4.08.